The molecule has 0 aromatic heterocycles. The molecule has 0 aliphatic rings. The Morgan fingerprint density at radius 3 is 0.333 bits per heavy atom. The van der Waals surface area contributed by atoms with Gasteiger partial charge in [-0.2, -0.15) is 0 Å². The fourth-order valence-corrected chi connectivity index (χ4v) is 0. The van der Waals surface area contributed by atoms with Crippen LogP contribution in [0.1, 0.15) is 0 Å². The zero-order chi connectivity index (χ0) is 0. The smallest absolute Gasteiger partial charge is 0.870 e. The van der Waals surface area contributed by atoms with Gasteiger partial charge in [-0.1, -0.05) is 0 Å². The summed E-state index contributed by atoms with van der Waals surface area (Å²) in [5, 5.41) is 0. The average molecular weight is 158 g/mol. The van der Waals surface area contributed by atoms with Gasteiger partial charge in [-0.05, 0) is 0 Å². The first-order valence-electron chi connectivity index (χ1n) is 0. The molecule has 0 rings (SSSR count). The van der Waals surface area contributed by atoms with Crippen LogP contribution in [-0.2, 0) is 0 Å². The average Bonchev–Trinajstić information content (AvgIpc) is 0. The van der Waals surface area contributed by atoms with Crippen LogP contribution in [-0.4, -0.2) is 55.7 Å². The summed E-state index contributed by atoms with van der Waals surface area (Å²) in [6.07, 6.45) is 0. The summed E-state index contributed by atoms with van der Waals surface area (Å²) in [5.74, 6) is 0. The fourth-order valence-electron chi connectivity index (χ4n) is 0. The van der Waals surface area contributed by atoms with Gasteiger partial charge >= 0.3 is 24.8 Å². The van der Waals surface area contributed by atoms with Crippen LogP contribution in [0.5, 0.6) is 0 Å². The third kappa shape index (κ3) is 5060. The molecule has 7 nitrogen and oxygen atoms in total. The molecule has 0 spiro atoms. The van der Waals surface area contributed by atoms with Crippen LogP contribution in [0.25, 0.3) is 0 Å². The minimum absolute atomic E-state index is 0. The van der Waals surface area contributed by atoms with Crippen LogP contribution in [0.2, 0.25) is 0 Å². The molecule has 0 aromatic rings. The van der Waals surface area contributed by atoms with Crippen molar-refractivity contribution in [2.45, 2.75) is 0 Å². The van der Waals surface area contributed by atoms with Gasteiger partial charge in [0.05, 0.1) is 0 Å². The first-order valence-corrected chi connectivity index (χ1v) is 0. The molecule has 0 unspecified atom stereocenters. The summed E-state index contributed by atoms with van der Waals surface area (Å²) in [5.41, 5.74) is 0. The van der Waals surface area contributed by atoms with Gasteiger partial charge in [0.1, 0.15) is 0 Å². The van der Waals surface area contributed by atoms with Crippen molar-refractivity contribution in [2.24, 2.45) is 0 Å². The second-order valence-corrected chi connectivity index (χ2v) is 0. The predicted molar refractivity (Wildman–Crippen MR) is 22.5 cm³/mol. The molecular formula is CH7AlO7. The van der Waals surface area contributed by atoms with E-state index in [2.05, 4.69) is 0 Å². The molecular weight excluding hydrogens is 151 g/mol. The molecule has 0 bridgehead atoms. The van der Waals surface area contributed by atoms with E-state index in [1.807, 2.05) is 0 Å². The molecule has 56 valence electrons. The van der Waals surface area contributed by atoms with Crippen LogP contribution in [0.3, 0.4) is 0 Å². The largest absolute Gasteiger partial charge is 4.00 e. The molecule has 0 fully saturated rings. The molecule has 0 aromatic carbocycles. The van der Waals surface area contributed by atoms with Gasteiger partial charge in [-0.15, -0.1) is 0 Å². The van der Waals surface area contributed by atoms with E-state index >= 15 is 0 Å². The second-order valence-electron chi connectivity index (χ2n) is 0. The minimum Gasteiger partial charge on any atom is -0.870 e. The maximum atomic E-state index is 0. The van der Waals surface area contributed by atoms with Crippen LogP contribution in [0.4, 0.5) is 0 Å². The third-order valence-corrected chi connectivity index (χ3v) is 0. The van der Waals surface area contributed by atoms with Crippen LogP contribution in [0.15, 0.2) is 0 Å². The molecule has 9 heavy (non-hydrogen) atoms. The zero-order valence-electron chi connectivity index (χ0n) is 4.21. The van der Waals surface area contributed by atoms with Crippen LogP contribution in [0, 0.1) is 7.43 Å². The maximum absolute atomic E-state index is 0. The Morgan fingerprint density at radius 2 is 0.333 bits per heavy atom. The van der Waals surface area contributed by atoms with Gasteiger partial charge in [0, 0.05) is 0 Å². The van der Waals surface area contributed by atoms with E-state index in [1.54, 1.807) is 0 Å². The molecule has 0 saturated heterocycles. The summed E-state index contributed by atoms with van der Waals surface area (Å²) in [4.78, 5) is 0. The molecule has 0 aliphatic carbocycles. The van der Waals surface area contributed by atoms with Gasteiger partial charge in [-0.25, -0.2) is 0 Å². The van der Waals surface area contributed by atoms with Crippen molar-refractivity contribution in [2.75, 3.05) is 0 Å². The quantitative estimate of drug-likeness (QED) is 0.378. The molecule has 0 radical (unpaired) electrons. The van der Waals surface area contributed by atoms with Crippen molar-refractivity contribution in [3.63, 3.8) is 0 Å². The summed E-state index contributed by atoms with van der Waals surface area (Å²) in [7, 11) is 0. The minimum atomic E-state index is 0. The molecule has 0 saturated carbocycles. The van der Waals surface area contributed by atoms with Gasteiger partial charge in [0.25, 0.3) is 0 Å². The van der Waals surface area contributed by atoms with Crippen molar-refractivity contribution in [3.05, 3.63) is 7.43 Å². The Morgan fingerprint density at radius 1 is 0.333 bits per heavy atom. The Hall–Kier alpha value is 0.252. The van der Waals surface area contributed by atoms with E-state index in [1.165, 1.54) is 0 Å². The normalized spacial score (nSPS) is 0. The van der Waals surface area contributed by atoms with Gasteiger partial charge in [-0.3, -0.25) is 0 Å². The molecule has 0 heterocycles. The molecule has 0 aliphatic heterocycles. The monoisotopic (exact) mass is 158 g/mol. The predicted octanol–water partition coefficient (Wildman–Crippen LogP) is -1.54. The number of hydrogen-bond acceptors (Lipinski definition) is 7. The topological polar surface area (TPSA) is 210 Å². The van der Waals surface area contributed by atoms with E-state index in [0.29, 0.717) is 0 Å². The molecule has 8 heteroatoms. The Balaban J connectivity index is 0. The maximum Gasteiger partial charge on any atom is 4.00 e. The van der Waals surface area contributed by atoms with Crippen LogP contribution >= 0.6 is 0 Å². The number of rotatable bonds is 0. The first-order chi connectivity index (χ1) is 0. The SMILES string of the molecule is [Al+3].[C+4].[OH-].[OH-].[OH-].[OH-].[OH-].[OH-].[OH-]. The summed E-state index contributed by atoms with van der Waals surface area (Å²) in [6.45, 7) is 0. The Kier molecular flexibility index (Phi) is 7480000. The first kappa shape index (κ1) is 9890. The van der Waals surface area contributed by atoms with E-state index in [-0.39, 0.29) is 63.1 Å². The van der Waals surface area contributed by atoms with Gasteiger partial charge < -0.3 is 38.3 Å². The van der Waals surface area contributed by atoms with E-state index in [9.17, 15) is 0 Å². The summed E-state index contributed by atoms with van der Waals surface area (Å²) >= 11 is 0. The van der Waals surface area contributed by atoms with E-state index in [4.69, 9.17) is 0 Å². The zero-order valence-corrected chi connectivity index (χ0v) is 5.36. The number of hydrogen-bond donors (Lipinski definition) is 0. The molecule has 7 N–H and O–H groups in total. The Bertz CT molecular complexity index is 8.88. The molecule has 0 atom stereocenters. The van der Waals surface area contributed by atoms with Gasteiger partial charge in [0.15, 0.2) is 0 Å². The molecule has 0 amide bonds. The second kappa shape index (κ2) is 6810. The van der Waals surface area contributed by atoms with Crippen LogP contribution < -0.4 is 0 Å². The van der Waals surface area contributed by atoms with Crippen molar-refractivity contribution in [1.82, 2.24) is 0 Å². The fraction of sp³-hybridized carbons (Fsp3) is 0. The summed E-state index contributed by atoms with van der Waals surface area (Å²) in [6, 6.07) is 0. The van der Waals surface area contributed by atoms with Crippen molar-refractivity contribution < 1.29 is 38.3 Å². The van der Waals surface area contributed by atoms with E-state index < -0.39 is 0 Å². The van der Waals surface area contributed by atoms with Crippen molar-refractivity contribution in [1.29, 1.82) is 0 Å². The standard InChI is InChI=1S/C.Al.7H2O/h;;7*1H2/q+4;+3;;;;;;;/p-7. The van der Waals surface area contributed by atoms with Crippen molar-refractivity contribution in [3.8, 4) is 0 Å². The summed E-state index contributed by atoms with van der Waals surface area (Å²) < 4.78 is 0. The van der Waals surface area contributed by atoms with Crippen molar-refractivity contribution >= 4 is 17.4 Å². The van der Waals surface area contributed by atoms with Gasteiger partial charge in [0.2, 0.25) is 0 Å². The van der Waals surface area contributed by atoms with E-state index in [0.717, 1.165) is 0 Å². The third-order valence-electron chi connectivity index (χ3n) is 0. The Labute approximate surface area is 64.0 Å².